The molecule has 1 N–H and O–H groups in total. The van der Waals surface area contributed by atoms with E-state index in [9.17, 15) is 9.18 Å². The van der Waals surface area contributed by atoms with Crippen LogP contribution >= 0.6 is 0 Å². The average Bonchev–Trinajstić information content (AvgIpc) is 2.15. The molecule has 3 nitrogen and oxygen atoms in total. The van der Waals surface area contributed by atoms with Gasteiger partial charge in [-0.1, -0.05) is 6.07 Å². The molecule has 0 fully saturated rings. The zero-order chi connectivity index (χ0) is 10.6. The molecule has 0 aliphatic carbocycles. The molecule has 1 aromatic rings. The largest absolute Gasteiger partial charge is 0.352 e. The van der Waals surface area contributed by atoms with Crippen LogP contribution in [0.4, 0.5) is 4.39 Å². The standard InChI is InChI=1S/C10H9FN2O/c1-7(14)13-6-8-2-3-9(5-12)10(11)4-8/h2-4H,6H2,1H3,(H,13,14). The molecule has 0 radical (unpaired) electrons. The number of rotatable bonds is 2. The number of nitrogens with one attached hydrogen (secondary N) is 1. The number of hydrogen-bond acceptors (Lipinski definition) is 2. The van der Waals surface area contributed by atoms with Crippen LogP contribution in [-0.4, -0.2) is 5.91 Å². The first kappa shape index (κ1) is 10.2. The number of nitrogens with zero attached hydrogens (tertiary/aromatic N) is 1. The summed E-state index contributed by atoms with van der Waals surface area (Å²) in [6, 6.07) is 5.97. The molecule has 1 rings (SSSR count). The molecule has 0 saturated carbocycles. The van der Waals surface area contributed by atoms with Crippen LogP contribution in [0.5, 0.6) is 0 Å². The van der Waals surface area contributed by atoms with Crippen molar-refractivity contribution in [2.24, 2.45) is 0 Å². The molecule has 0 spiro atoms. The molecule has 0 aliphatic heterocycles. The monoisotopic (exact) mass is 192 g/mol. The van der Waals surface area contributed by atoms with Crippen LogP contribution in [0.1, 0.15) is 18.1 Å². The molecule has 0 unspecified atom stereocenters. The average molecular weight is 192 g/mol. The third kappa shape index (κ3) is 2.56. The summed E-state index contributed by atoms with van der Waals surface area (Å²) in [5.41, 5.74) is 0.647. The Morgan fingerprint density at radius 3 is 2.86 bits per heavy atom. The molecule has 0 heterocycles. The molecule has 1 aromatic carbocycles. The number of carbonyl (C=O) groups excluding carboxylic acids is 1. The SMILES string of the molecule is CC(=O)NCc1ccc(C#N)c(F)c1. The Kier molecular flexibility index (Phi) is 3.19. The van der Waals surface area contributed by atoms with Crippen molar-refractivity contribution in [3.63, 3.8) is 0 Å². The number of nitriles is 1. The van der Waals surface area contributed by atoms with E-state index in [0.717, 1.165) is 0 Å². The van der Waals surface area contributed by atoms with Crippen molar-refractivity contribution in [3.05, 3.63) is 35.1 Å². The predicted molar refractivity (Wildman–Crippen MR) is 48.6 cm³/mol. The van der Waals surface area contributed by atoms with Crippen molar-refractivity contribution in [2.45, 2.75) is 13.5 Å². The zero-order valence-corrected chi connectivity index (χ0v) is 7.67. The fourth-order valence-electron chi connectivity index (χ4n) is 0.986. The van der Waals surface area contributed by atoms with Gasteiger partial charge in [-0.25, -0.2) is 4.39 Å². The topological polar surface area (TPSA) is 52.9 Å². The molecule has 1 amide bonds. The van der Waals surface area contributed by atoms with Gasteiger partial charge in [0.1, 0.15) is 11.9 Å². The molecule has 0 aliphatic rings. The lowest BCUT2D eigenvalue weighted by Gasteiger charge is -2.02. The summed E-state index contributed by atoms with van der Waals surface area (Å²) in [4.78, 5) is 10.6. The van der Waals surface area contributed by atoms with Crippen molar-refractivity contribution in [1.29, 1.82) is 5.26 Å². The van der Waals surface area contributed by atoms with E-state index in [2.05, 4.69) is 5.32 Å². The molecular formula is C10H9FN2O. The van der Waals surface area contributed by atoms with Crippen LogP contribution < -0.4 is 5.32 Å². The minimum absolute atomic E-state index is 0.0107. The van der Waals surface area contributed by atoms with Gasteiger partial charge in [0.2, 0.25) is 5.91 Å². The van der Waals surface area contributed by atoms with E-state index in [1.54, 1.807) is 12.1 Å². The van der Waals surface area contributed by atoms with Crippen molar-refractivity contribution in [3.8, 4) is 6.07 Å². The van der Waals surface area contributed by atoms with Gasteiger partial charge in [-0.3, -0.25) is 4.79 Å². The van der Waals surface area contributed by atoms with Gasteiger partial charge in [-0.05, 0) is 17.7 Å². The fourth-order valence-corrected chi connectivity index (χ4v) is 0.986. The van der Waals surface area contributed by atoms with Gasteiger partial charge in [0.25, 0.3) is 0 Å². The smallest absolute Gasteiger partial charge is 0.217 e. The molecule has 0 saturated heterocycles. The second-order valence-corrected chi connectivity index (χ2v) is 2.84. The lowest BCUT2D eigenvalue weighted by atomic mass is 10.1. The van der Waals surface area contributed by atoms with Crippen LogP contribution in [-0.2, 0) is 11.3 Å². The molecule has 0 atom stereocenters. The van der Waals surface area contributed by atoms with Gasteiger partial charge in [0.15, 0.2) is 0 Å². The summed E-state index contributed by atoms with van der Waals surface area (Å²) < 4.78 is 13.0. The summed E-state index contributed by atoms with van der Waals surface area (Å²) in [5, 5.41) is 11.0. The lowest BCUT2D eigenvalue weighted by molar-refractivity contribution is -0.119. The van der Waals surface area contributed by atoms with E-state index in [1.165, 1.54) is 19.1 Å². The van der Waals surface area contributed by atoms with Crippen molar-refractivity contribution in [2.75, 3.05) is 0 Å². The molecule has 14 heavy (non-hydrogen) atoms. The Bertz CT molecular complexity index is 396. The van der Waals surface area contributed by atoms with Crippen LogP contribution in [0.3, 0.4) is 0 Å². The maximum absolute atomic E-state index is 13.0. The van der Waals surface area contributed by atoms with Gasteiger partial charge in [0, 0.05) is 13.5 Å². The van der Waals surface area contributed by atoms with Gasteiger partial charge in [0.05, 0.1) is 5.56 Å². The zero-order valence-electron chi connectivity index (χ0n) is 7.67. The van der Waals surface area contributed by atoms with E-state index in [4.69, 9.17) is 5.26 Å². The maximum Gasteiger partial charge on any atom is 0.217 e. The van der Waals surface area contributed by atoms with E-state index in [0.29, 0.717) is 5.56 Å². The summed E-state index contributed by atoms with van der Waals surface area (Å²) >= 11 is 0. The van der Waals surface area contributed by atoms with Gasteiger partial charge in [-0.15, -0.1) is 0 Å². The van der Waals surface area contributed by atoms with E-state index < -0.39 is 5.82 Å². The summed E-state index contributed by atoms with van der Waals surface area (Å²) in [7, 11) is 0. The first-order valence-corrected chi connectivity index (χ1v) is 4.06. The number of benzene rings is 1. The van der Waals surface area contributed by atoms with Crippen LogP contribution in [0.25, 0.3) is 0 Å². The van der Waals surface area contributed by atoms with Gasteiger partial charge >= 0.3 is 0 Å². The Morgan fingerprint density at radius 2 is 2.36 bits per heavy atom. The Morgan fingerprint density at radius 1 is 1.64 bits per heavy atom. The number of carbonyl (C=O) groups is 1. The normalized spacial score (nSPS) is 9.21. The Balaban J connectivity index is 2.77. The van der Waals surface area contributed by atoms with Gasteiger partial charge in [-0.2, -0.15) is 5.26 Å². The summed E-state index contributed by atoms with van der Waals surface area (Å²) in [5.74, 6) is -0.731. The summed E-state index contributed by atoms with van der Waals surface area (Å²) in [6.45, 7) is 1.66. The van der Waals surface area contributed by atoms with Crippen LogP contribution in [0, 0.1) is 17.1 Å². The molecule has 0 bridgehead atoms. The van der Waals surface area contributed by atoms with Gasteiger partial charge < -0.3 is 5.32 Å². The maximum atomic E-state index is 13.0. The van der Waals surface area contributed by atoms with Crippen molar-refractivity contribution < 1.29 is 9.18 Å². The minimum Gasteiger partial charge on any atom is -0.352 e. The van der Waals surface area contributed by atoms with Crippen molar-refractivity contribution in [1.82, 2.24) is 5.32 Å². The molecular weight excluding hydrogens is 183 g/mol. The Hall–Kier alpha value is -1.89. The highest BCUT2D eigenvalue weighted by atomic mass is 19.1. The molecule has 4 heteroatoms. The lowest BCUT2D eigenvalue weighted by Crippen LogP contribution is -2.18. The predicted octanol–water partition coefficient (Wildman–Crippen LogP) is 1.33. The first-order valence-electron chi connectivity index (χ1n) is 4.06. The highest BCUT2D eigenvalue weighted by molar-refractivity contribution is 5.72. The Labute approximate surface area is 81.2 Å². The molecule has 72 valence electrons. The fraction of sp³-hybridized carbons (Fsp3) is 0.200. The van der Waals surface area contributed by atoms with E-state index in [1.807, 2.05) is 0 Å². The second kappa shape index (κ2) is 4.38. The van der Waals surface area contributed by atoms with Crippen LogP contribution in [0.15, 0.2) is 18.2 Å². The summed E-state index contributed by atoms with van der Waals surface area (Å²) in [6.07, 6.45) is 0. The minimum atomic E-state index is -0.560. The number of amides is 1. The van der Waals surface area contributed by atoms with E-state index in [-0.39, 0.29) is 18.0 Å². The highest BCUT2D eigenvalue weighted by Gasteiger charge is 2.02. The quantitative estimate of drug-likeness (QED) is 0.768. The number of hydrogen-bond donors (Lipinski definition) is 1. The highest BCUT2D eigenvalue weighted by Crippen LogP contribution is 2.08. The number of halogens is 1. The first-order chi connectivity index (χ1) is 6.63. The third-order valence-corrected chi connectivity index (χ3v) is 1.70. The van der Waals surface area contributed by atoms with Crippen molar-refractivity contribution >= 4 is 5.91 Å². The van der Waals surface area contributed by atoms with E-state index >= 15 is 0 Å². The third-order valence-electron chi connectivity index (χ3n) is 1.70. The second-order valence-electron chi connectivity index (χ2n) is 2.84. The van der Waals surface area contributed by atoms with Crippen LogP contribution in [0.2, 0.25) is 0 Å². The molecule has 0 aromatic heterocycles.